The number of ether oxygens (including phenoxy) is 1. The van der Waals surface area contributed by atoms with E-state index in [0.717, 1.165) is 18.4 Å². The monoisotopic (exact) mass is 306 g/mol. The molecular formula is C16H19FN2O3. The SMILES string of the molecule is CCCc1noc(COC(=O)C(C)Cc2cccc(F)c2)n1. The number of carbonyl (C=O) groups excluding carboxylic acids is 1. The predicted octanol–water partition coefficient (Wildman–Crippen LogP) is 3.08. The first-order chi connectivity index (χ1) is 10.6. The second-order valence-electron chi connectivity index (χ2n) is 5.20. The maximum Gasteiger partial charge on any atom is 0.309 e. The Morgan fingerprint density at radius 2 is 2.27 bits per heavy atom. The largest absolute Gasteiger partial charge is 0.455 e. The van der Waals surface area contributed by atoms with Gasteiger partial charge in [-0.2, -0.15) is 4.98 Å². The van der Waals surface area contributed by atoms with Crippen LogP contribution in [0.2, 0.25) is 0 Å². The van der Waals surface area contributed by atoms with E-state index in [1.54, 1.807) is 19.1 Å². The molecule has 1 aromatic carbocycles. The number of halogens is 1. The van der Waals surface area contributed by atoms with Gasteiger partial charge in [-0.15, -0.1) is 0 Å². The van der Waals surface area contributed by atoms with Crippen LogP contribution >= 0.6 is 0 Å². The highest BCUT2D eigenvalue weighted by Gasteiger charge is 2.17. The first kappa shape index (κ1) is 16.1. The fourth-order valence-corrected chi connectivity index (χ4v) is 2.05. The van der Waals surface area contributed by atoms with Gasteiger partial charge in [-0.1, -0.05) is 31.1 Å². The molecule has 0 radical (unpaired) electrons. The molecule has 22 heavy (non-hydrogen) atoms. The van der Waals surface area contributed by atoms with Crippen LogP contribution in [0.15, 0.2) is 28.8 Å². The minimum atomic E-state index is -0.375. The summed E-state index contributed by atoms with van der Waals surface area (Å²) in [5.74, 6) is -0.164. The van der Waals surface area contributed by atoms with Crippen LogP contribution in [-0.4, -0.2) is 16.1 Å². The summed E-state index contributed by atoms with van der Waals surface area (Å²) >= 11 is 0. The summed E-state index contributed by atoms with van der Waals surface area (Å²) in [5.41, 5.74) is 0.757. The molecule has 2 rings (SSSR count). The van der Waals surface area contributed by atoms with Gasteiger partial charge >= 0.3 is 5.97 Å². The molecule has 1 heterocycles. The van der Waals surface area contributed by atoms with E-state index in [2.05, 4.69) is 10.1 Å². The van der Waals surface area contributed by atoms with E-state index in [1.807, 2.05) is 6.92 Å². The third-order valence-electron chi connectivity index (χ3n) is 3.15. The lowest BCUT2D eigenvalue weighted by atomic mass is 10.0. The minimum absolute atomic E-state index is 0.0387. The summed E-state index contributed by atoms with van der Waals surface area (Å²) in [6, 6.07) is 6.19. The van der Waals surface area contributed by atoms with Crippen molar-refractivity contribution >= 4 is 5.97 Å². The van der Waals surface area contributed by atoms with E-state index in [0.29, 0.717) is 12.2 Å². The van der Waals surface area contributed by atoms with Gasteiger partial charge in [0.15, 0.2) is 12.4 Å². The van der Waals surface area contributed by atoms with Crippen molar-refractivity contribution in [2.75, 3.05) is 0 Å². The van der Waals surface area contributed by atoms with Crippen molar-refractivity contribution in [2.24, 2.45) is 5.92 Å². The third kappa shape index (κ3) is 4.65. The average Bonchev–Trinajstić information content (AvgIpc) is 2.93. The first-order valence-corrected chi connectivity index (χ1v) is 7.31. The molecule has 1 atom stereocenters. The van der Waals surface area contributed by atoms with Crippen LogP contribution in [0.1, 0.15) is 37.5 Å². The van der Waals surface area contributed by atoms with Crippen molar-refractivity contribution in [3.8, 4) is 0 Å². The number of hydrogen-bond acceptors (Lipinski definition) is 5. The number of carbonyl (C=O) groups is 1. The van der Waals surface area contributed by atoms with Crippen molar-refractivity contribution in [1.82, 2.24) is 10.1 Å². The molecule has 0 bridgehead atoms. The molecule has 0 saturated carbocycles. The van der Waals surface area contributed by atoms with Crippen LogP contribution < -0.4 is 0 Å². The zero-order valence-corrected chi connectivity index (χ0v) is 12.7. The molecule has 0 aliphatic rings. The zero-order valence-electron chi connectivity index (χ0n) is 12.7. The van der Waals surface area contributed by atoms with Gasteiger partial charge in [-0.05, 0) is 30.5 Å². The summed E-state index contributed by atoms with van der Waals surface area (Å²) in [4.78, 5) is 16.1. The number of aryl methyl sites for hydroxylation is 1. The molecule has 0 amide bonds. The van der Waals surface area contributed by atoms with Crippen molar-refractivity contribution in [3.05, 3.63) is 47.4 Å². The molecule has 0 N–H and O–H groups in total. The minimum Gasteiger partial charge on any atom is -0.455 e. The van der Waals surface area contributed by atoms with Gasteiger partial charge in [0, 0.05) is 6.42 Å². The molecule has 1 unspecified atom stereocenters. The van der Waals surface area contributed by atoms with Gasteiger partial charge < -0.3 is 9.26 Å². The number of nitrogens with zero attached hydrogens (tertiary/aromatic N) is 2. The predicted molar refractivity (Wildman–Crippen MR) is 77.4 cm³/mol. The molecular weight excluding hydrogens is 287 g/mol. The summed E-state index contributed by atoms with van der Waals surface area (Å²) in [7, 11) is 0. The van der Waals surface area contributed by atoms with Crippen molar-refractivity contribution in [1.29, 1.82) is 0 Å². The van der Waals surface area contributed by atoms with E-state index >= 15 is 0 Å². The molecule has 0 fully saturated rings. The molecule has 0 saturated heterocycles. The topological polar surface area (TPSA) is 65.2 Å². The Morgan fingerprint density at radius 3 is 3.00 bits per heavy atom. The number of rotatable bonds is 7. The highest BCUT2D eigenvalue weighted by Crippen LogP contribution is 2.12. The van der Waals surface area contributed by atoms with Crippen LogP contribution in [0, 0.1) is 11.7 Å². The zero-order chi connectivity index (χ0) is 15.9. The van der Waals surface area contributed by atoms with Crippen LogP contribution in [-0.2, 0) is 29.0 Å². The highest BCUT2D eigenvalue weighted by molar-refractivity contribution is 5.72. The number of benzene rings is 1. The Balaban J connectivity index is 1.83. The Kier molecular flexibility index (Phi) is 5.63. The lowest BCUT2D eigenvalue weighted by Gasteiger charge is -2.10. The van der Waals surface area contributed by atoms with E-state index in [1.165, 1.54) is 12.1 Å². The molecule has 0 spiro atoms. The molecule has 1 aromatic heterocycles. The van der Waals surface area contributed by atoms with Crippen molar-refractivity contribution in [2.45, 2.75) is 39.7 Å². The van der Waals surface area contributed by atoms with Gasteiger partial charge in [0.25, 0.3) is 5.89 Å². The van der Waals surface area contributed by atoms with Gasteiger partial charge in [0.05, 0.1) is 5.92 Å². The average molecular weight is 306 g/mol. The fourth-order valence-electron chi connectivity index (χ4n) is 2.05. The summed E-state index contributed by atoms with van der Waals surface area (Å²) in [6.07, 6.45) is 2.07. The van der Waals surface area contributed by atoms with Gasteiger partial charge in [0.1, 0.15) is 5.82 Å². The molecule has 0 aliphatic carbocycles. The van der Waals surface area contributed by atoms with Crippen LogP contribution in [0.4, 0.5) is 4.39 Å². The van der Waals surface area contributed by atoms with Gasteiger partial charge in [0.2, 0.25) is 0 Å². The van der Waals surface area contributed by atoms with E-state index in [9.17, 15) is 9.18 Å². The molecule has 0 aliphatic heterocycles. The number of hydrogen-bond donors (Lipinski definition) is 0. The first-order valence-electron chi connectivity index (χ1n) is 7.31. The summed E-state index contributed by atoms with van der Waals surface area (Å²) in [5, 5.41) is 3.79. The van der Waals surface area contributed by atoms with E-state index < -0.39 is 0 Å². The molecule has 6 heteroatoms. The van der Waals surface area contributed by atoms with Gasteiger partial charge in [-0.3, -0.25) is 4.79 Å². The maximum absolute atomic E-state index is 13.1. The molecule has 2 aromatic rings. The molecule has 118 valence electrons. The quantitative estimate of drug-likeness (QED) is 0.735. The van der Waals surface area contributed by atoms with Crippen LogP contribution in [0.5, 0.6) is 0 Å². The Hall–Kier alpha value is -2.24. The second kappa shape index (κ2) is 7.68. The standard InChI is InChI=1S/C16H19FN2O3/c1-3-5-14-18-15(22-19-14)10-21-16(20)11(2)8-12-6-4-7-13(17)9-12/h4,6-7,9,11H,3,5,8,10H2,1-2H3. The summed E-state index contributed by atoms with van der Waals surface area (Å²) < 4.78 is 23.3. The maximum atomic E-state index is 13.1. The number of aromatic nitrogens is 2. The van der Waals surface area contributed by atoms with E-state index in [4.69, 9.17) is 9.26 Å². The van der Waals surface area contributed by atoms with Crippen molar-refractivity contribution in [3.63, 3.8) is 0 Å². The highest BCUT2D eigenvalue weighted by atomic mass is 19.1. The normalized spacial score (nSPS) is 12.1. The van der Waals surface area contributed by atoms with Gasteiger partial charge in [-0.25, -0.2) is 4.39 Å². The van der Waals surface area contributed by atoms with Crippen LogP contribution in [0.3, 0.4) is 0 Å². The Labute approximate surface area is 128 Å². The third-order valence-corrected chi connectivity index (χ3v) is 3.15. The van der Waals surface area contributed by atoms with E-state index in [-0.39, 0.29) is 30.2 Å². The number of esters is 1. The van der Waals surface area contributed by atoms with Crippen LogP contribution in [0.25, 0.3) is 0 Å². The summed E-state index contributed by atoms with van der Waals surface area (Å²) in [6.45, 7) is 3.72. The second-order valence-corrected chi connectivity index (χ2v) is 5.20. The lowest BCUT2D eigenvalue weighted by molar-refractivity contribution is -0.150. The fraction of sp³-hybridized carbons (Fsp3) is 0.438. The Morgan fingerprint density at radius 1 is 1.45 bits per heavy atom. The Bertz CT molecular complexity index is 627. The molecule has 5 nitrogen and oxygen atoms in total. The lowest BCUT2D eigenvalue weighted by Crippen LogP contribution is -2.17. The van der Waals surface area contributed by atoms with Crippen molar-refractivity contribution < 1.29 is 18.4 Å². The smallest absolute Gasteiger partial charge is 0.309 e.